The lowest BCUT2D eigenvalue weighted by Gasteiger charge is -2.31. The third-order valence-electron chi connectivity index (χ3n) is 2.62. The largest absolute Gasteiger partial charge is 0.0891 e. The smallest absolute Gasteiger partial charge is 0.0148 e. The van der Waals surface area contributed by atoms with E-state index >= 15 is 0 Å². The van der Waals surface area contributed by atoms with Gasteiger partial charge >= 0.3 is 0 Å². The van der Waals surface area contributed by atoms with Gasteiger partial charge in [-0.15, -0.1) is 0 Å². The van der Waals surface area contributed by atoms with E-state index in [-0.39, 0.29) is 0 Å². The molecule has 1 aliphatic rings. The highest BCUT2D eigenvalue weighted by molar-refractivity contribution is 9.09. The van der Waals surface area contributed by atoms with Crippen LogP contribution in [0.4, 0.5) is 0 Å². The molecule has 72 valence electrons. The van der Waals surface area contributed by atoms with Gasteiger partial charge in [-0.05, 0) is 30.6 Å². The Bertz CT molecular complexity index is 134. The molecule has 1 aliphatic carbocycles. The van der Waals surface area contributed by atoms with Gasteiger partial charge in [-0.3, -0.25) is 0 Å². The molecule has 0 spiro atoms. The van der Waals surface area contributed by atoms with Gasteiger partial charge in [0, 0.05) is 4.83 Å². The van der Waals surface area contributed by atoms with Crippen molar-refractivity contribution in [3.8, 4) is 0 Å². The minimum absolute atomic E-state index is 0.523. The average molecular weight is 233 g/mol. The van der Waals surface area contributed by atoms with Crippen molar-refractivity contribution in [1.29, 1.82) is 0 Å². The molecule has 1 fully saturated rings. The van der Waals surface area contributed by atoms with E-state index < -0.39 is 0 Å². The number of alkyl halides is 1. The molecule has 0 N–H and O–H groups in total. The van der Waals surface area contributed by atoms with E-state index in [9.17, 15) is 0 Å². The molecule has 12 heavy (non-hydrogen) atoms. The zero-order valence-electron chi connectivity index (χ0n) is 8.57. The second kappa shape index (κ2) is 4.13. The molecule has 2 atom stereocenters. The summed E-state index contributed by atoms with van der Waals surface area (Å²) in [6.07, 6.45) is 7.07. The van der Waals surface area contributed by atoms with Crippen LogP contribution in [0.5, 0.6) is 0 Å². The molecule has 0 radical (unpaired) electrons. The normalized spacial score (nSPS) is 32.0. The quantitative estimate of drug-likeness (QED) is 0.590. The number of halogens is 1. The van der Waals surface area contributed by atoms with Gasteiger partial charge in [0.05, 0.1) is 0 Å². The number of rotatable bonds is 1. The monoisotopic (exact) mass is 232 g/mol. The molecule has 0 aromatic rings. The first kappa shape index (κ1) is 10.6. The molecule has 0 amide bonds. The minimum Gasteiger partial charge on any atom is -0.0891 e. The summed E-state index contributed by atoms with van der Waals surface area (Å²) in [4.78, 5) is 0.804. The highest BCUT2D eigenvalue weighted by atomic mass is 79.9. The molecule has 1 rings (SSSR count). The van der Waals surface area contributed by atoms with Gasteiger partial charge in [0.25, 0.3) is 0 Å². The minimum atomic E-state index is 0.523. The van der Waals surface area contributed by atoms with E-state index in [4.69, 9.17) is 0 Å². The topological polar surface area (TPSA) is 0 Å². The summed E-state index contributed by atoms with van der Waals surface area (Å²) in [5.41, 5.74) is 0.523. The Morgan fingerprint density at radius 1 is 1.25 bits per heavy atom. The summed E-state index contributed by atoms with van der Waals surface area (Å²) in [7, 11) is 0. The fraction of sp³-hybridized carbons (Fsp3) is 1.00. The van der Waals surface area contributed by atoms with Crippen LogP contribution in [-0.2, 0) is 0 Å². The molecule has 0 aromatic carbocycles. The van der Waals surface area contributed by atoms with Crippen LogP contribution in [-0.4, -0.2) is 4.83 Å². The predicted molar refractivity (Wildman–Crippen MR) is 58.7 cm³/mol. The molecule has 0 heterocycles. The second-order valence-corrected chi connectivity index (χ2v) is 6.69. The highest BCUT2D eigenvalue weighted by Crippen LogP contribution is 2.36. The Morgan fingerprint density at radius 3 is 2.42 bits per heavy atom. The molecular formula is C11H21Br. The van der Waals surface area contributed by atoms with Gasteiger partial charge in [-0.2, -0.15) is 0 Å². The zero-order valence-corrected chi connectivity index (χ0v) is 10.2. The van der Waals surface area contributed by atoms with E-state index in [0.717, 1.165) is 10.7 Å². The van der Waals surface area contributed by atoms with Crippen molar-refractivity contribution in [3.05, 3.63) is 0 Å². The highest BCUT2D eigenvalue weighted by Gasteiger charge is 2.24. The SMILES string of the molecule is CC(C)(C)CC1CCC[C@H](Br)C1. The Morgan fingerprint density at radius 2 is 1.92 bits per heavy atom. The Hall–Kier alpha value is 0.480. The second-order valence-electron chi connectivity index (χ2n) is 5.39. The maximum absolute atomic E-state index is 3.74. The van der Waals surface area contributed by atoms with Crippen molar-refractivity contribution in [2.45, 2.75) is 57.7 Å². The van der Waals surface area contributed by atoms with Crippen molar-refractivity contribution < 1.29 is 0 Å². The first-order valence-electron chi connectivity index (χ1n) is 5.11. The van der Waals surface area contributed by atoms with Gasteiger partial charge in [0.2, 0.25) is 0 Å². The summed E-state index contributed by atoms with van der Waals surface area (Å²) < 4.78 is 0. The maximum atomic E-state index is 3.74. The molecule has 0 nitrogen and oxygen atoms in total. The van der Waals surface area contributed by atoms with Crippen molar-refractivity contribution in [3.63, 3.8) is 0 Å². The van der Waals surface area contributed by atoms with Gasteiger partial charge in [0.1, 0.15) is 0 Å². The summed E-state index contributed by atoms with van der Waals surface area (Å²) in [6.45, 7) is 7.06. The third-order valence-corrected chi connectivity index (χ3v) is 3.45. The molecular weight excluding hydrogens is 212 g/mol. The molecule has 0 aromatic heterocycles. The molecule has 0 aliphatic heterocycles. The van der Waals surface area contributed by atoms with E-state index in [0.29, 0.717) is 5.41 Å². The van der Waals surface area contributed by atoms with E-state index in [1.54, 1.807) is 0 Å². The Labute approximate surface area is 85.3 Å². The van der Waals surface area contributed by atoms with Crippen LogP contribution >= 0.6 is 15.9 Å². The van der Waals surface area contributed by atoms with E-state index in [1.807, 2.05) is 0 Å². The first-order valence-corrected chi connectivity index (χ1v) is 6.03. The van der Waals surface area contributed by atoms with Crippen LogP contribution in [0.3, 0.4) is 0 Å². The Balaban J connectivity index is 2.32. The Kier molecular flexibility index (Phi) is 3.63. The maximum Gasteiger partial charge on any atom is 0.0148 e. The van der Waals surface area contributed by atoms with Gasteiger partial charge in [0.15, 0.2) is 0 Å². The lowest BCUT2D eigenvalue weighted by atomic mass is 9.78. The molecule has 0 saturated heterocycles. The van der Waals surface area contributed by atoms with Crippen molar-refractivity contribution in [1.82, 2.24) is 0 Å². The average Bonchev–Trinajstić information content (AvgIpc) is 1.82. The fourth-order valence-corrected chi connectivity index (χ4v) is 3.13. The van der Waals surface area contributed by atoms with Gasteiger partial charge in [-0.1, -0.05) is 49.5 Å². The predicted octanol–water partition coefficient (Wildman–Crippen LogP) is 4.38. The summed E-state index contributed by atoms with van der Waals surface area (Å²) in [6, 6.07) is 0. The fourth-order valence-electron chi connectivity index (χ4n) is 2.28. The van der Waals surface area contributed by atoms with Crippen LogP contribution in [0.1, 0.15) is 52.9 Å². The number of hydrogen-bond acceptors (Lipinski definition) is 0. The summed E-state index contributed by atoms with van der Waals surface area (Å²) in [5.74, 6) is 0.975. The summed E-state index contributed by atoms with van der Waals surface area (Å²) in [5, 5.41) is 0. The van der Waals surface area contributed by atoms with E-state index in [2.05, 4.69) is 36.7 Å². The lowest BCUT2D eigenvalue weighted by molar-refractivity contribution is 0.244. The van der Waals surface area contributed by atoms with Crippen molar-refractivity contribution >= 4 is 15.9 Å². The molecule has 1 saturated carbocycles. The van der Waals surface area contributed by atoms with Crippen molar-refractivity contribution in [2.75, 3.05) is 0 Å². The standard InChI is InChI=1S/C11H21Br/c1-11(2,3)8-9-5-4-6-10(12)7-9/h9-10H,4-8H2,1-3H3/t9?,10-/m0/s1. The molecule has 0 bridgehead atoms. The third kappa shape index (κ3) is 3.93. The summed E-state index contributed by atoms with van der Waals surface area (Å²) >= 11 is 3.74. The lowest BCUT2D eigenvalue weighted by Crippen LogP contribution is -2.20. The van der Waals surface area contributed by atoms with Crippen LogP contribution in [0, 0.1) is 11.3 Å². The van der Waals surface area contributed by atoms with Gasteiger partial charge < -0.3 is 0 Å². The van der Waals surface area contributed by atoms with Crippen LogP contribution in [0.2, 0.25) is 0 Å². The molecule has 1 heteroatoms. The molecule has 1 unspecified atom stereocenters. The first-order chi connectivity index (χ1) is 5.47. The zero-order chi connectivity index (χ0) is 9.19. The van der Waals surface area contributed by atoms with Gasteiger partial charge in [-0.25, -0.2) is 0 Å². The van der Waals surface area contributed by atoms with E-state index in [1.165, 1.54) is 32.1 Å². The van der Waals surface area contributed by atoms with Crippen LogP contribution < -0.4 is 0 Å². The van der Waals surface area contributed by atoms with Crippen LogP contribution in [0.15, 0.2) is 0 Å². The van der Waals surface area contributed by atoms with Crippen LogP contribution in [0.25, 0.3) is 0 Å². The van der Waals surface area contributed by atoms with Crippen molar-refractivity contribution in [2.24, 2.45) is 11.3 Å². The number of hydrogen-bond donors (Lipinski definition) is 0.